The lowest BCUT2D eigenvalue weighted by molar-refractivity contribution is -0.121. The molecule has 1 amide bonds. The second-order valence-electron chi connectivity index (χ2n) is 4.30. The Kier molecular flexibility index (Phi) is 4.31. The third-order valence-corrected chi connectivity index (χ3v) is 3.91. The molecule has 2 rings (SSSR count). The number of carbonyl (C=O) groups is 1. The summed E-state index contributed by atoms with van der Waals surface area (Å²) in [6.07, 6.45) is 2.48. The predicted molar refractivity (Wildman–Crippen MR) is 70.3 cm³/mol. The number of amides is 1. The molecule has 1 fully saturated rings. The van der Waals surface area contributed by atoms with Crippen LogP contribution in [0.3, 0.4) is 0 Å². The number of hydrogen-bond acceptors (Lipinski definition) is 3. The molecule has 1 saturated heterocycles. The minimum atomic E-state index is 0.0486. The largest absolute Gasteiger partial charge is 0.508 e. The van der Waals surface area contributed by atoms with Crippen LogP contribution in [0.15, 0.2) is 24.3 Å². The topological polar surface area (TPSA) is 49.3 Å². The third kappa shape index (κ3) is 3.97. The maximum absolute atomic E-state index is 11.8. The molecule has 3 nitrogen and oxygen atoms in total. The van der Waals surface area contributed by atoms with Gasteiger partial charge in [0, 0.05) is 6.04 Å². The Bertz CT molecular complexity index is 389. The maximum Gasteiger partial charge on any atom is 0.224 e. The molecule has 1 aromatic rings. The normalized spacial score (nSPS) is 16.7. The van der Waals surface area contributed by atoms with Gasteiger partial charge >= 0.3 is 0 Å². The monoisotopic (exact) mass is 251 g/mol. The van der Waals surface area contributed by atoms with Crippen LogP contribution in [0.25, 0.3) is 0 Å². The molecule has 0 saturated carbocycles. The van der Waals surface area contributed by atoms with Gasteiger partial charge in [-0.2, -0.15) is 11.8 Å². The number of carbonyl (C=O) groups excluding carboxylic acids is 1. The van der Waals surface area contributed by atoms with Crippen molar-refractivity contribution in [1.29, 1.82) is 0 Å². The highest BCUT2D eigenvalue weighted by atomic mass is 32.2. The van der Waals surface area contributed by atoms with Crippen molar-refractivity contribution in [3.63, 3.8) is 0 Å². The summed E-state index contributed by atoms with van der Waals surface area (Å²) >= 11 is 1.95. The Hall–Kier alpha value is -1.16. The lowest BCUT2D eigenvalue weighted by Gasteiger charge is -2.22. The Labute approximate surface area is 106 Å². The SMILES string of the molecule is O=C(Cc1cccc(O)c1)NC1CCSCC1. The fraction of sp³-hybridized carbons (Fsp3) is 0.462. The van der Waals surface area contributed by atoms with Gasteiger partial charge in [-0.3, -0.25) is 4.79 Å². The molecule has 0 aromatic heterocycles. The molecule has 0 spiro atoms. The number of aromatic hydroxyl groups is 1. The summed E-state index contributed by atoms with van der Waals surface area (Å²) in [5.41, 5.74) is 0.854. The van der Waals surface area contributed by atoms with Crippen LogP contribution in [0.2, 0.25) is 0 Å². The fourth-order valence-electron chi connectivity index (χ4n) is 1.97. The van der Waals surface area contributed by atoms with Gasteiger partial charge in [0.05, 0.1) is 6.42 Å². The van der Waals surface area contributed by atoms with Gasteiger partial charge in [0.2, 0.25) is 5.91 Å². The van der Waals surface area contributed by atoms with Gasteiger partial charge in [0.25, 0.3) is 0 Å². The first kappa shape index (κ1) is 12.3. The van der Waals surface area contributed by atoms with Crippen molar-refractivity contribution < 1.29 is 9.90 Å². The summed E-state index contributed by atoms with van der Waals surface area (Å²) in [6, 6.07) is 7.20. The van der Waals surface area contributed by atoms with Crippen molar-refractivity contribution in [2.45, 2.75) is 25.3 Å². The lowest BCUT2D eigenvalue weighted by Crippen LogP contribution is -2.38. The average molecular weight is 251 g/mol. The second kappa shape index (κ2) is 5.96. The summed E-state index contributed by atoms with van der Waals surface area (Å²) < 4.78 is 0. The zero-order valence-corrected chi connectivity index (χ0v) is 10.5. The number of thioether (sulfide) groups is 1. The molecule has 4 heteroatoms. The smallest absolute Gasteiger partial charge is 0.224 e. The summed E-state index contributed by atoms with van der Waals surface area (Å²) in [5, 5.41) is 12.4. The van der Waals surface area contributed by atoms with Crippen LogP contribution in [0.5, 0.6) is 5.75 Å². The van der Waals surface area contributed by atoms with E-state index in [1.807, 2.05) is 17.8 Å². The molecule has 0 atom stereocenters. The number of rotatable bonds is 3. The van der Waals surface area contributed by atoms with Crippen LogP contribution >= 0.6 is 11.8 Å². The maximum atomic E-state index is 11.8. The van der Waals surface area contributed by atoms with Crippen LogP contribution < -0.4 is 5.32 Å². The molecular weight excluding hydrogens is 234 g/mol. The van der Waals surface area contributed by atoms with Crippen LogP contribution in [-0.4, -0.2) is 28.6 Å². The van der Waals surface area contributed by atoms with Gasteiger partial charge in [0.1, 0.15) is 5.75 Å². The Morgan fingerprint density at radius 1 is 1.41 bits per heavy atom. The molecule has 92 valence electrons. The van der Waals surface area contributed by atoms with Crippen molar-refractivity contribution in [3.05, 3.63) is 29.8 Å². The molecule has 0 radical (unpaired) electrons. The summed E-state index contributed by atoms with van der Waals surface area (Å²) in [6.45, 7) is 0. The molecule has 0 bridgehead atoms. The number of phenols is 1. The zero-order chi connectivity index (χ0) is 12.1. The van der Waals surface area contributed by atoms with Crippen molar-refractivity contribution in [2.75, 3.05) is 11.5 Å². The van der Waals surface area contributed by atoms with Gasteiger partial charge in [0.15, 0.2) is 0 Å². The molecule has 17 heavy (non-hydrogen) atoms. The Morgan fingerprint density at radius 3 is 2.88 bits per heavy atom. The molecule has 0 unspecified atom stereocenters. The predicted octanol–water partition coefficient (Wildman–Crippen LogP) is 1.95. The molecular formula is C13H17NO2S. The van der Waals surface area contributed by atoms with Crippen molar-refractivity contribution in [1.82, 2.24) is 5.32 Å². The number of nitrogens with one attached hydrogen (secondary N) is 1. The van der Waals surface area contributed by atoms with E-state index < -0.39 is 0 Å². The van der Waals surface area contributed by atoms with E-state index in [9.17, 15) is 9.90 Å². The van der Waals surface area contributed by atoms with Crippen molar-refractivity contribution >= 4 is 17.7 Å². The Balaban J connectivity index is 1.84. The van der Waals surface area contributed by atoms with E-state index in [1.54, 1.807) is 18.2 Å². The van der Waals surface area contributed by atoms with Crippen LogP contribution in [0.4, 0.5) is 0 Å². The fourth-order valence-corrected chi connectivity index (χ4v) is 3.08. The molecule has 1 aliphatic heterocycles. The van der Waals surface area contributed by atoms with E-state index in [4.69, 9.17) is 0 Å². The van der Waals surface area contributed by atoms with Crippen LogP contribution in [-0.2, 0) is 11.2 Å². The van der Waals surface area contributed by atoms with Gasteiger partial charge in [-0.1, -0.05) is 12.1 Å². The molecule has 1 aromatic carbocycles. The van der Waals surface area contributed by atoms with E-state index in [0.29, 0.717) is 12.5 Å². The highest BCUT2D eigenvalue weighted by Crippen LogP contribution is 2.17. The first-order valence-corrected chi connectivity index (χ1v) is 7.04. The van der Waals surface area contributed by atoms with Gasteiger partial charge in [-0.05, 0) is 42.0 Å². The summed E-state index contributed by atoms with van der Waals surface area (Å²) in [7, 11) is 0. The van der Waals surface area contributed by atoms with Crippen molar-refractivity contribution in [2.24, 2.45) is 0 Å². The first-order chi connectivity index (χ1) is 8.24. The van der Waals surface area contributed by atoms with E-state index in [2.05, 4.69) is 5.32 Å². The molecule has 1 aliphatic rings. The van der Waals surface area contributed by atoms with Gasteiger partial charge in [-0.25, -0.2) is 0 Å². The number of benzene rings is 1. The zero-order valence-electron chi connectivity index (χ0n) is 9.69. The highest BCUT2D eigenvalue weighted by Gasteiger charge is 2.15. The minimum Gasteiger partial charge on any atom is -0.508 e. The first-order valence-electron chi connectivity index (χ1n) is 5.89. The van der Waals surface area contributed by atoms with E-state index >= 15 is 0 Å². The standard InChI is InChI=1S/C13H17NO2S/c15-12-3-1-2-10(8-12)9-13(16)14-11-4-6-17-7-5-11/h1-3,8,11,15H,4-7,9H2,(H,14,16). The number of hydrogen-bond donors (Lipinski definition) is 2. The highest BCUT2D eigenvalue weighted by molar-refractivity contribution is 7.99. The summed E-state index contributed by atoms with van der Waals surface area (Å²) in [4.78, 5) is 11.8. The minimum absolute atomic E-state index is 0.0486. The molecule has 2 N–H and O–H groups in total. The quantitative estimate of drug-likeness (QED) is 0.863. The van der Waals surface area contributed by atoms with Crippen LogP contribution in [0, 0.1) is 0 Å². The second-order valence-corrected chi connectivity index (χ2v) is 5.53. The average Bonchev–Trinajstić information content (AvgIpc) is 2.30. The molecule has 1 heterocycles. The van der Waals surface area contributed by atoms with E-state index in [1.165, 1.54) is 0 Å². The van der Waals surface area contributed by atoms with Gasteiger partial charge < -0.3 is 10.4 Å². The van der Waals surface area contributed by atoms with Crippen LogP contribution in [0.1, 0.15) is 18.4 Å². The van der Waals surface area contributed by atoms with Crippen molar-refractivity contribution in [3.8, 4) is 5.75 Å². The lowest BCUT2D eigenvalue weighted by atomic mass is 10.1. The molecule has 0 aliphatic carbocycles. The Morgan fingerprint density at radius 2 is 2.18 bits per heavy atom. The van der Waals surface area contributed by atoms with E-state index in [-0.39, 0.29) is 11.7 Å². The third-order valence-electron chi connectivity index (χ3n) is 2.86. The number of phenolic OH excluding ortho intramolecular Hbond substituents is 1. The summed E-state index contributed by atoms with van der Waals surface area (Å²) in [5.74, 6) is 2.53. The van der Waals surface area contributed by atoms with Gasteiger partial charge in [-0.15, -0.1) is 0 Å². The van der Waals surface area contributed by atoms with E-state index in [0.717, 1.165) is 29.9 Å².